The molecule has 1 aromatic heterocycles. The van der Waals surface area contributed by atoms with Gasteiger partial charge in [-0.2, -0.15) is 0 Å². The molecule has 0 saturated heterocycles. The van der Waals surface area contributed by atoms with Crippen LogP contribution >= 0.6 is 11.3 Å². The Labute approximate surface area is 132 Å². The molecule has 0 spiro atoms. The van der Waals surface area contributed by atoms with Gasteiger partial charge in [0, 0.05) is 23.0 Å². The van der Waals surface area contributed by atoms with Gasteiger partial charge in [-0.25, -0.2) is 4.98 Å². The SMILES string of the molecule is CCC(C)NCc1sc(-c2cccc(C)c2)nc1C(C)C. The van der Waals surface area contributed by atoms with Crippen LogP contribution in [0.4, 0.5) is 0 Å². The standard InChI is InChI=1S/C18H26N2S/c1-6-14(5)19-11-16-17(12(2)3)20-18(21-16)15-9-7-8-13(4)10-15/h7-10,12,14,19H,6,11H2,1-5H3. The van der Waals surface area contributed by atoms with Crippen LogP contribution in [0.5, 0.6) is 0 Å². The Balaban J connectivity index is 2.28. The van der Waals surface area contributed by atoms with E-state index >= 15 is 0 Å². The van der Waals surface area contributed by atoms with E-state index in [4.69, 9.17) is 4.98 Å². The summed E-state index contributed by atoms with van der Waals surface area (Å²) in [7, 11) is 0. The van der Waals surface area contributed by atoms with Crippen molar-refractivity contribution >= 4 is 11.3 Å². The zero-order valence-corrected chi connectivity index (χ0v) is 14.6. The van der Waals surface area contributed by atoms with Gasteiger partial charge in [-0.15, -0.1) is 11.3 Å². The number of aryl methyl sites for hydroxylation is 1. The van der Waals surface area contributed by atoms with E-state index in [0.717, 1.165) is 18.0 Å². The number of aromatic nitrogens is 1. The van der Waals surface area contributed by atoms with Gasteiger partial charge in [-0.3, -0.25) is 0 Å². The fourth-order valence-corrected chi connectivity index (χ4v) is 3.42. The molecule has 3 heteroatoms. The van der Waals surface area contributed by atoms with Crippen LogP contribution in [0, 0.1) is 6.92 Å². The minimum absolute atomic E-state index is 0.466. The van der Waals surface area contributed by atoms with Crippen molar-refractivity contribution in [3.05, 3.63) is 40.4 Å². The maximum absolute atomic E-state index is 4.90. The van der Waals surface area contributed by atoms with E-state index in [1.807, 2.05) is 11.3 Å². The highest BCUT2D eigenvalue weighted by molar-refractivity contribution is 7.15. The van der Waals surface area contributed by atoms with Crippen LogP contribution in [-0.2, 0) is 6.54 Å². The van der Waals surface area contributed by atoms with Gasteiger partial charge in [0.05, 0.1) is 5.69 Å². The Kier molecular flexibility index (Phi) is 5.54. The topological polar surface area (TPSA) is 24.9 Å². The van der Waals surface area contributed by atoms with Crippen LogP contribution in [-0.4, -0.2) is 11.0 Å². The monoisotopic (exact) mass is 302 g/mol. The van der Waals surface area contributed by atoms with Crippen LogP contribution < -0.4 is 5.32 Å². The van der Waals surface area contributed by atoms with Gasteiger partial charge in [0.2, 0.25) is 0 Å². The first kappa shape index (κ1) is 16.2. The predicted molar refractivity (Wildman–Crippen MR) is 93.0 cm³/mol. The first-order valence-electron chi connectivity index (χ1n) is 7.81. The summed E-state index contributed by atoms with van der Waals surface area (Å²) in [6.07, 6.45) is 1.15. The summed E-state index contributed by atoms with van der Waals surface area (Å²) in [6.45, 7) is 11.9. The number of nitrogens with one attached hydrogen (secondary N) is 1. The second-order valence-corrected chi connectivity index (χ2v) is 7.13. The smallest absolute Gasteiger partial charge is 0.123 e. The van der Waals surface area contributed by atoms with Crippen molar-refractivity contribution in [3.63, 3.8) is 0 Å². The molecule has 1 N–H and O–H groups in total. The molecule has 1 heterocycles. The summed E-state index contributed by atoms with van der Waals surface area (Å²) in [4.78, 5) is 6.28. The molecule has 1 aromatic carbocycles. The Morgan fingerprint density at radius 1 is 1.24 bits per heavy atom. The largest absolute Gasteiger partial charge is 0.309 e. The molecule has 0 bridgehead atoms. The number of nitrogens with zero attached hydrogens (tertiary/aromatic N) is 1. The van der Waals surface area contributed by atoms with Crippen molar-refractivity contribution in [2.45, 2.75) is 59.5 Å². The lowest BCUT2D eigenvalue weighted by Crippen LogP contribution is -2.24. The minimum Gasteiger partial charge on any atom is -0.309 e. The fourth-order valence-electron chi connectivity index (χ4n) is 2.25. The average molecular weight is 302 g/mol. The second kappa shape index (κ2) is 7.19. The first-order chi connectivity index (χ1) is 10.0. The Morgan fingerprint density at radius 3 is 2.62 bits per heavy atom. The number of thiazole rings is 1. The molecule has 0 aliphatic carbocycles. The van der Waals surface area contributed by atoms with E-state index < -0.39 is 0 Å². The Bertz CT molecular complexity index is 587. The van der Waals surface area contributed by atoms with Gasteiger partial charge in [-0.1, -0.05) is 44.5 Å². The molecule has 0 aliphatic heterocycles. The molecule has 21 heavy (non-hydrogen) atoms. The van der Waals surface area contributed by atoms with Crippen LogP contribution in [0.3, 0.4) is 0 Å². The molecule has 0 aliphatic rings. The molecule has 2 nitrogen and oxygen atoms in total. The third kappa shape index (κ3) is 4.14. The normalized spacial score (nSPS) is 12.9. The summed E-state index contributed by atoms with van der Waals surface area (Å²) in [5.74, 6) is 0.466. The molecule has 0 fully saturated rings. The van der Waals surface area contributed by atoms with Crippen LogP contribution in [0.25, 0.3) is 10.6 Å². The lowest BCUT2D eigenvalue weighted by molar-refractivity contribution is 0.534. The highest BCUT2D eigenvalue weighted by atomic mass is 32.1. The predicted octanol–water partition coefficient (Wildman–Crippen LogP) is 5.13. The number of benzene rings is 1. The second-order valence-electron chi connectivity index (χ2n) is 6.04. The van der Waals surface area contributed by atoms with E-state index in [0.29, 0.717) is 12.0 Å². The van der Waals surface area contributed by atoms with Crippen molar-refractivity contribution in [2.24, 2.45) is 0 Å². The highest BCUT2D eigenvalue weighted by Gasteiger charge is 2.15. The number of hydrogen-bond donors (Lipinski definition) is 1. The number of rotatable bonds is 6. The molecule has 1 atom stereocenters. The van der Waals surface area contributed by atoms with E-state index in [1.54, 1.807) is 0 Å². The zero-order chi connectivity index (χ0) is 15.4. The van der Waals surface area contributed by atoms with Crippen molar-refractivity contribution in [1.29, 1.82) is 0 Å². The molecule has 2 rings (SSSR count). The van der Waals surface area contributed by atoms with E-state index in [1.165, 1.54) is 21.7 Å². The van der Waals surface area contributed by atoms with E-state index in [2.05, 4.69) is 64.2 Å². The van der Waals surface area contributed by atoms with Gasteiger partial charge < -0.3 is 5.32 Å². The van der Waals surface area contributed by atoms with Crippen molar-refractivity contribution in [2.75, 3.05) is 0 Å². The summed E-state index contributed by atoms with van der Waals surface area (Å²) in [6, 6.07) is 9.16. The van der Waals surface area contributed by atoms with Crippen LogP contribution in [0.1, 0.15) is 56.2 Å². The maximum atomic E-state index is 4.90. The first-order valence-corrected chi connectivity index (χ1v) is 8.63. The lowest BCUT2D eigenvalue weighted by Gasteiger charge is -2.11. The van der Waals surface area contributed by atoms with E-state index in [9.17, 15) is 0 Å². The molecular weight excluding hydrogens is 276 g/mol. The van der Waals surface area contributed by atoms with Crippen LogP contribution in [0.15, 0.2) is 24.3 Å². The van der Waals surface area contributed by atoms with Gasteiger partial charge in [-0.05, 0) is 32.3 Å². The maximum Gasteiger partial charge on any atom is 0.123 e. The van der Waals surface area contributed by atoms with Crippen molar-refractivity contribution < 1.29 is 0 Å². The van der Waals surface area contributed by atoms with Gasteiger partial charge >= 0.3 is 0 Å². The molecule has 1 unspecified atom stereocenters. The molecule has 2 aromatic rings. The third-order valence-electron chi connectivity index (χ3n) is 3.76. The summed E-state index contributed by atoms with van der Waals surface area (Å²) >= 11 is 1.83. The third-order valence-corrected chi connectivity index (χ3v) is 4.88. The van der Waals surface area contributed by atoms with Gasteiger partial charge in [0.1, 0.15) is 5.01 Å². The van der Waals surface area contributed by atoms with E-state index in [-0.39, 0.29) is 0 Å². The molecule has 114 valence electrons. The van der Waals surface area contributed by atoms with Gasteiger partial charge in [0.15, 0.2) is 0 Å². The van der Waals surface area contributed by atoms with Crippen molar-refractivity contribution in [1.82, 2.24) is 10.3 Å². The summed E-state index contributed by atoms with van der Waals surface area (Å²) in [5.41, 5.74) is 3.76. The minimum atomic E-state index is 0.466. The van der Waals surface area contributed by atoms with Crippen LogP contribution in [0.2, 0.25) is 0 Å². The molecular formula is C18H26N2S. The Hall–Kier alpha value is -1.19. The number of hydrogen-bond acceptors (Lipinski definition) is 3. The molecule has 0 amide bonds. The zero-order valence-electron chi connectivity index (χ0n) is 13.7. The average Bonchev–Trinajstić information content (AvgIpc) is 2.89. The summed E-state index contributed by atoms with van der Waals surface area (Å²) in [5, 5.41) is 4.73. The summed E-state index contributed by atoms with van der Waals surface area (Å²) < 4.78 is 0. The molecule has 0 saturated carbocycles. The lowest BCUT2D eigenvalue weighted by atomic mass is 10.1. The fraction of sp³-hybridized carbons (Fsp3) is 0.500. The van der Waals surface area contributed by atoms with Gasteiger partial charge in [0.25, 0.3) is 0 Å². The molecule has 0 radical (unpaired) electrons. The van der Waals surface area contributed by atoms with Crippen molar-refractivity contribution in [3.8, 4) is 10.6 Å². The highest BCUT2D eigenvalue weighted by Crippen LogP contribution is 2.32. The quantitative estimate of drug-likeness (QED) is 0.800. The Morgan fingerprint density at radius 2 is 2.00 bits per heavy atom.